The van der Waals surface area contributed by atoms with Crippen LogP contribution in [0.15, 0.2) is 46.9 Å². The molecule has 204 valence electrons. The molecule has 0 heterocycles. The molecule has 0 aromatic heterocycles. The summed E-state index contributed by atoms with van der Waals surface area (Å²) in [6.45, 7) is 1.52. The van der Waals surface area contributed by atoms with E-state index in [0.29, 0.717) is 5.56 Å². The van der Waals surface area contributed by atoms with Crippen LogP contribution in [-0.2, 0) is 23.5 Å². The van der Waals surface area contributed by atoms with Gasteiger partial charge in [-0.1, -0.05) is 33.6 Å². The number of aromatic hydroxyl groups is 2. The van der Waals surface area contributed by atoms with E-state index in [9.17, 15) is 41.4 Å². The predicted octanol–water partition coefficient (Wildman–Crippen LogP) is 7.01. The van der Waals surface area contributed by atoms with Gasteiger partial charge in [-0.2, -0.15) is 36.9 Å². The van der Waals surface area contributed by atoms with Crippen LogP contribution in [0.2, 0.25) is 0 Å². The maximum atomic E-state index is 13.2. The van der Waals surface area contributed by atoms with Gasteiger partial charge in [-0.05, 0) is 42.3 Å². The number of hydrogen-bond acceptors (Lipinski definition) is 6. The van der Waals surface area contributed by atoms with Crippen molar-refractivity contribution in [3.8, 4) is 23.6 Å². The van der Waals surface area contributed by atoms with Gasteiger partial charge in [-0.25, -0.2) is 4.79 Å². The van der Waals surface area contributed by atoms with Crippen LogP contribution < -0.4 is 0 Å². The van der Waals surface area contributed by atoms with Crippen LogP contribution in [0.3, 0.4) is 0 Å². The average Bonchev–Trinajstić information content (AvgIpc) is 2.86. The molecule has 0 amide bonds. The smallest absolute Gasteiger partial charge is 0.417 e. The first-order chi connectivity index (χ1) is 18.0. The monoisotopic (exact) mass is 614 g/mol. The van der Waals surface area contributed by atoms with Gasteiger partial charge in [0.1, 0.15) is 11.6 Å². The standard InChI is InChI=1S/C17H11F3N2O2.C9H6BrF3O2/c1-9-2-3-10(14(4-9)17(18,19)20)5-12-11(7-21)6-15(23)16(24)13(12)8-22;1-15-8(14)6-3-2-5(10)4-7(6)9(11,12)13/h2-4,6,23-24H,5H2,1H3;2-4H,1H3. The van der Waals surface area contributed by atoms with E-state index < -0.39 is 52.1 Å². The summed E-state index contributed by atoms with van der Waals surface area (Å²) in [5, 5.41) is 37.5. The van der Waals surface area contributed by atoms with Crippen LogP contribution in [0.1, 0.15) is 49.3 Å². The Morgan fingerprint density at radius 1 is 0.949 bits per heavy atom. The second-order valence-corrected chi connectivity index (χ2v) is 8.80. The first-order valence-corrected chi connectivity index (χ1v) is 11.3. The molecule has 0 bridgehead atoms. The number of hydrogen-bond donors (Lipinski definition) is 2. The molecule has 0 radical (unpaired) electrons. The number of phenolic OH excluding ortho intramolecular Hbond substituents is 2. The summed E-state index contributed by atoms with van der Waals surface area (Å²) in [5.41, 5.74) is -2.74. The van der Waals surface area contributed by atoms with E-state index in [1.165, 1.54) is 25.1 Å². The zero-order chi connectivity index (χ0) is 29.7. The van der Waals surface area contributed by atoms with E-state index in [-0.39, 0.29) is 27.6 Å². The molecule has 3 aromatic carbocycles. The maximum Gasteiger partial charge on any atom is 0.417 e. The quantitative estimate of drug-likeness (QED) is 0.186. The molecule has 0 atom stereocenters. The fourth-order valence-corrected chi connectivity index (χ4v) is 3.80. The maximum absolute atomic E-state index is 13.2. The van der Waals surface area contributed by atoms with E-state index in [2.05, 4.69) is 20.7 Å². The van der Waals surface area contributed by atoms with Crippen molar-refractivity contribution in [2.24, 2.45) is 0 Å². The Labute approximate surface area is 226 Å². The lowest BCUT2D eigenvalue weighted by atomic mass is 9.91. The number of aryl methyl sites for hydroxylation is 1. The second kappa shape index (κ2) is 12.1. The Hall–Kier alpha value is -4.23. The fraction of sp³-hybridized carbons (Fsp3) is 0.192. The average molecular weight is 615 g/mol. The van der Waals surface area contributed by atoms with E-state index in [1.54, 1.807) is 12.1 Å². The van der Waals surface area contributed by atoms with Crippen molar-refractivity contribution >= 4 is 21.9 Å². The Morgan fingerprint density at radius 2 is 1.56 bits per heavy atom. The minimum absolute atomic E-state index is 0.0651. The molecule has 0 aliphatic rings. The van der Waals surface area contributed by atoms with Crippen LogP contribution in [0.4, 0.5) is 26.3 Å². The first kappa shape index (κ1) is 31.0. The van der Waals surface area contributed by atoms with E-state index in [0.717, 1.165) is 31.4 Å². The molecule has 0 unspecified atom stereocenters. The van der Waals surface area contributed by atoms with Crippen molar-refractivity contribution in [2.45, 2.75) is 25.7 Å². The van der Waals surface area contributed by atoms with Crippen molar-refractivity contribution in [2.75, 3.05) is 7.11 Å². The highest BCUT2D eigenvalue weighted by Crippen LogP contribution is 2.38. The van der Waals surface area contributed by atoms with Gasteiger partial charge in [0.25, 0.3) is 0 Å². The summed E-state index contributed by atoms with van der Waals surface area (Å²) in [5.74, 6) is -2.44. The molecule has 0 aliphatic heterocycles. The van der Waals surface area contributed by atoms with Crippen molar-refractivity contribution in [1.82, 2.24) is 0 Å². The molecule has 3 rings (SSSR count). The Kier molecular flexibility index (Phi) is 9.61. The molecule has 0 spiro atoms. The van der Waals surface area contributed by atoms with Gasteiger partial charge in [0.2, 0.25) is 0 Å². The molecule has 0 fully saturated rings. The molecule has 0 saturated heterocycles. The molecule has 13 heteroatoms. The molecule has 39 heavy (non-hydrogen) atoms. The van der Waals surface area contributed by atoms with Crippen molar-refractivity contribution in [3.05, 3.63) is 91.4 Å². The third-order valence-corrected chi connectivity index (χ3v) is 5.74. The first-order valence-electron chi connectivity index (χ1n) is 10.5. The van der Waals surface area contributed by atoms with Gasteiger partial charge in [0.05, 0.1) is 35.4 Å². The Morgan fingerprint density at radius 3 is 2.08 bits per heavy atom. The zero-order valence-corrected chi connectivity index (χ0v) is 21.6. The minimum atomic E-state index is -4.60. The highest BCUT2D eigenvalue weighted by Gasteiger charge is 2.36. The van der Waals surface area contributed by atoms with Gasteiger partial charge in [0.15, 0.2) is 11.5 Å². The van der Waals surface area contributed by atoms with Crippen molar-refractivity contribution < 1.29 is 46.1 Å². The largest absolute Gasteiger partial charge is 0.504 e. The summed E-state index contributed by atoms with van der Waals surface area (Å²) in [7, 11) is 1.03. The lowest BCUT2D eigenvalue weighted by molar-refractivity contribution is -0.139. The van der Waals surface area contributed by atoms with E-state index in [1.807, 2.05) is 0 Å². The van der Waals surface area contributed by atoms with Crippen molar-refractivity contribution in [1.29, 1.82) is 10.5 Å². The summed E-state index contributed by atoms with van der Waals surface area (Å²) >= 11 is 2.91. The lowest BCUT2D eigenvalue weighted by Crippen LogP contribution is -2.14. The van der Waals surface area contributed by atoms with E-state index in [4.69, 9.17) is 10.5 Å². The molecular weight excluding hydrogens is 598 g/mol. The topological polar surface area (TPSA) is 114 Å². The Bertz CT molecular complexity index is 1490. The third kappa shape index (κ3) is 7.42. The highest BCUT2D eigenvalue weighted by atomic mass is 79.9. The summed E-state index contributed by atoms with van der Waals surface area (Å²) in [6.07, 6.45) is -9.55. The second-order valence-electron chi connectivity index (χ2n) is 7.88. The number of nitrogens with zero attached hydrogens (tertiary/aromatic N) is 2. The SMILES string of the molecule is COC(=O)c1ccc(Br)cc1C(F)(F)F.Cc1ccc(Cc2c(C#N)cc(O)c(O)c2C#N)c(C(F)(F)F)c1. The number of halogens is 7. The predicted molar refractivity (Wildman–Crippen MR) is 129 cm³/mol. The highest BCUT2D eigenvalue weighted by molar-refractivity contribution is 9.10. The number of ether oxygens (including phenoxy) is 1. The number of benzene rings is 3. The lowest BCUT2D eigenvalue weighted by Gasteiger charge is -2.15. The molecular formula is C26H17BrF6N2O4. The number of phenols is 2. The van der Waals surface area contributed by atoms with Crippen LogP contribution >= 0.6 is 15.9 Å². The minimum Gasteiger partial charge on any atom is -0.504 e. The molecule has 3 aromatic rings. The van der Waals surface area contributed by atoms with E-state index >= 15 is 0 Å². The molecule has 0 aliphatic carbocycles. The Balaban J connectivity index is 0.000000306. The van der Waals surface area contributed by atoms with Crippen LogP contribution in [0.5, 0.6) is 11.5 Å². The van der Waals surface area contributed by atoms with Gasteiger partial charge >= 0.3 is 18.3 Å². The number of alkyl halides is 6. The molecule has 6 nitrogen and oxygen atoms in total. The van der Waals surface area contributed by atoms with Gasteiger partial charge < -0.3 is 14.9 Å². The molecule has 2 N–H and O–H groups in total. The fourth-order valence-electron chi connectivity index (χ4n) is 3.44. The van der Waals surface area contributed by atoms with Gasteiger partial charge in [0, 0.05) is 17.0 Å². The number of rotatable bonds is 3. The van der Waals surface area contributed by atoms with Crippen LogP contribution in [0, 0.1) is 29.6 Å². The summed E-state index contributed by atoms with van der Waals surface area (Å²) < 4.78 is 81.7. The normalized spacial score (nSPS) is 11.1. The van der Waals surface area contributed by atoms with Crippen LogP contribution in [0.25, 0.3) is 0 Å². The zero-order valence-electron chi connectivity index (χ0n) is 20.0. The number of carbonyl (C=O) groups excluding carboxylic acids is 1. The van der Waals surface area contributed by atoms with Crippen LogP contribution in [-0.4, -0.2) is 23.3 Å². The number of carbonyl (C=O) groups is 1. The summed E-state index contributed by atoms with van der Waals surface area (Å²) in [4.78, 5) is 11.1. The van der Waals surface area contributed by atoms with Gasteiger partial charge in [-0.15, -0.1) is 0 Å². The number of nitriles is 2. The molecule has 0 saturated carbocycles. The number of methoxy groups -OCH3 is 1. The third-order valence-electron chi connectivity index (χ3n) is 5.25. The summed E-state index contributed by atoms with van der Waals surface area (Å²) in [6, 6.07) is 11.3. The number of esters is 1. The van der Waals surface area contributed by atoms with Crippen molar-refractivity contribution in [3.63, 3.8) is 0 Å². The van der Waals surface area contributed by atoms with Gasteiger partial charge in [-0.3, -0.25) is 0 Å².